The fourth-order valence-corrected chi connectivity index (χ4v) is 5.42. The largest absolute Gasteiger partial charge is 0.330 e. The zero-order valence-electron chi connectivity index (χ0n) is 8.60. The zero-order valence-corrected chi connectivity index (χ0v) is 8.60. The van der Waals surface area contributed by atoms with Crippen LogP contribution in [0, 0.1) is 41.4 Å². The molecule has 0 saturated heterocycles. The van der Waals surface area contributed by atoms with Crippen LogP contribution in [-0.4, -0.2) is 6.54 Å². The van der Waals surface area contributed by atoms with E-state index in [1.165, 1.54) is 19.3 Å². The van der Waals surface area contributed by atoms with Gasteiger partial charge in [-0.3, -0.25) is 0 Å². The summed E-state index contributed by atoms with van der Waals surface area (Å²) >= 11 is 0. The summed E-state index contributed by atoms with van der Waals surface area (Å²) in [5, 5.41) is 0. The van der Waals surface area contributed by atoms with E-state index in [0.717, 1.165) is 48.0 Å². The second-order valence-corrected chi connectivity index (χ2v) is 5.99. The Hall–Kier alpha value is -0.300. The van der Waals surface area contributed by atoms with Crippen LogP contribution in [0.4, 0.5) is 0 Å². The molecule has 0 heterocycles. The second-order valence-electron chi connectivity index (χ2n) is 5.99. The van der Waals surface area contributed by atoms with Gasteiger partial charge in [0.2, 0.25) is 0 Å². The lowest BCUT2D eigenvalue weighted by molar-refractivity contribution is 0.154. The van der Waals surface area contributed by atoms with Crippen LogP contribution < -0.4 is 5.73 Å². The highest BCUT2D eigenvalue weighted by Crippen LogP contribution is 2.66. The summed E-state index contributed by atoms with van der Waals surface area (Å²) in [6.07, 6.45) is 9.50. The molecule has 1 nitrogen and oxygen atoms in total. The molecular weight excluding hydrogens is 170 g/mol. The SMILES string of the molecule is NC[C@@H]1C[C@@H]2C[C@H]1[C@@H]1[C@H]2[C@@H]2C=C[C@H]1C2. The molecule has 0 aromatic carbocycles. The highest BCUT2D eigenvalue weighted by Gasteiger charge is 2.60. The normalized spacial score (nSPS) is 62.5. The van der Waals surface area contributed by atoms with Gasteiger partial charge in [-0.15, -0.1) is 0 Å². The van der Waals surface area contributed by atoms with Gasteiger partial charge in [0.15, 0.2) is 0 Å². The third-order valence-corrected chi connectivity index (χ3v) is 5.71. The molecule has 4 rings (SSSR count). The third kappa shape index (κ3) is 0.735. The van der Waals surface area contributed by atoms with E-state index >= 15 is 0 Å². The molecule has 0 aromatic rings. The molecule has 3 fully saturated rings. The van der Waals surface area contributed by atoms with Crippen molar-refractivity contribution < 1.29 is 0 Å². The lowest BCUT2D eigenvalue weighted by Gasteiger charge is -2.36. The maximum absolute atomic E-state index is 5.88. The summed E-state index contributed by atoms with van der Waals surface area (Å²) in [6, 6.07) is 0. The Morgan fingerprint density at radius 3 is 2.57 bits per heavy atom. The minimum atomic E-state index is 0.883. The van der Waals surface area contributed by atoms with E-state index in [2.05, 4.69) is 12.2 Å². The number of nitrogens with two attached hydrogens (primary N) is 1. The summed E-state index contributed by atoms with van der Waals surface area (Å²) in [5.74, 6) is 7.01. The van der Waals surface area contributed by atoms with Crippen molar-refractivity contribution in [2.75, 3.05) is 6.54 Å². The Morgan fingerprint density at radius 1 is 1.00 bits per heavy atom. The van der Waals surface area contributed by atoms with E-state index in [4.69, 9.17) is 5.73 Å². The first-order chi connectivity index (χ1) is 6.88. The van der Waals surface area contributed by atoms with Gasteiger partial charge in [0.25, 0.3) is 0 Å². The predicted octanol–water partition coefficient (Wildman–Crippen LogP) is 2.04. The molecule has 14 heavy (non-hydrogen) atoms. The van der Waals surface area contributed by atoms with Crippen molar-refractivity contribution in [3.05, 3.63) is 12.2 Å². The summed E-state index contributed by atoms with van der Waals surface area (Å²) in [5.41, 5.74) is 5.88. The molecule has 76 valence electrons. The van der Waals surface area contributed by atoms with Gasteiger partial charge in [-0.1, -0.05) is 12.2 Å². The van der Waals surface area contributed by atoms with Crippen molar-refractivity contribution in [2.24, 2.45) is 47.2 Å². The van der Waals surface area contributed by atoms with Crippen LogP contribution >= 0.6 is 0 Å². The maximum Gasteiger partial charge on any atom is -0.00460 e. The molecule has 0 amide bonds. The smallest absolute Gasteiger partial charge is 0.00460 e. The van der Waals surface area contributed by atoms with Gasteiger partial charge in [0.05, 0.1) is 0 Å². The van der Waals surface area contributed by atoms with Crippen LogP contribution in [0.5, 0.6) is 0 Å². The molecule has 3 saturated carbocycles. The first-order valence-electron chi connectivity index (χ1n) is 6.27. The molecule has 0 unspecified atom stereocenters. The minimum absolute atomic E-state index is 0.883. The minimum Gasteiger partial charge on any atom is -0.330 e. The van der Waals surface area contributed by atoms with Gasteiger partial charge < -0.3 is 5.73 Å². The number of fused-ring (bicyclic) bond motifs is 9. The van der Waals surface area contributed by atoms with Crippen molar-refractivity contribution in [3.63, 3.8) is 0 Å². The summed E-state index contributed by atoms with van der Waals surface area (Å²) in [4.78, 5) is 0. The lowest BCUT2D eigenvalue weighted by Crippen LogP contribution is -2.34. The molecule has 1 heteroatoms. The van der Waals surface area contributed by atoms with E-state index in [1.807, 2.05) is 0 Å². The standard InChI is InChI=1S/C13H19N/c14-6-10-4-9-5-11(10)13-8-2-1-7(3-8)12(9)13/h1-2,7-13H,3-6,14H2/t7-,8+,9-,10+,11-,12+,13-/m1/s1. The van der Waals surface area contributed by atoms with E-state index < -0.39 is 0 Å². The topological polar surface area (TPSA) is 26.0 Å². The molecule has 0 aliphatic heterocycles. The third-order valence-electron chi connectivity index (χ3n) is 5.71. The van der Waals surface area contributed by atoms with Gasteiger partial charge in [-0.25, -0.2) is 0 Å². The molecular formula is C13H19N. The maximum atomic E-state index is 5.88. The zero-order chi connectivity index (χ0) is 9.28. The van der Waals surface area contributed by atoms with Crippen LogP contribution in [0.15, 0.2) is 12.2 Å². The van der Waals surface area contributed by atoms with Crippen LogP contribution in [0.3, 0.4) is 0 Å². The number of hydrogen-bond acceptors (Lipinski definition) is 1. The predicted molar refractivity (Wildman–Crippen MR) is 56.5 cm³/mol. The second kappa shape index (κ2) is 2.44. The van der Waals surface area contributed by atoms with Gasteiger partial charge in [0.1, 0.15) is 0 Å². The highest BCUT2D eigenvalue weighted by molar-refractivity contribution is 5.20. The van der Waals surface area contributed by atoms with Crippen LogP contribution in [0.1, 0.15) is 19.3 Å². The van der Waals surface area contributed by atoms with Gasteiger partial charge in [0, 0.05) is 0 Å². The van der Waals surface area contributed by atoms with Gasteiger partial charge in [-0.05, 0) is 67.2 Å². The monoisotopic (exact) mass is 189 g/mol. The quantitative estimate of drug-likeness (QED) is 0.496. The Kier molecular flexibility index (Phi) is 1.38. The first kappa shape index (κ1) is 7.92. The molecule has 0 spiro atoms. The molecule has 7 atom stereocenters. The fourth-order valence-electron chi connectivity index (χ4n) is 5.42. The van der Waals surface area contributed by atoms with Crippen molar-refractivity contribution in [1.29, 1.82) is 0 Å². The summed E-state index contributed by atoms with van der Waals surface area (Å²) in [6.45, 7) is 0.950. The Bertz CT molecular complexity index is 296. The Balaban J connectivity index is 1.72. The molecule has 0 radical (unpaired) electrons. The fraction of sp³-hybridized carbons (Fsp3) is 0.846. The van der Waals surface area contributed by atoms with Gasteiger partial charge in [-0.2, -0.15) is 0 Å². The van der Waals surface area contributed by atoms with Gasteiger partial charge >= 0.3 is 0 Å². The lowest BCUT2D eigenvalue weighted by atomic mass is 9.69. The van der Waals surface area contributed by atoms with Crippen LogP contribution in [0.2, 0.25) is 0 Å². The molecule has 0 aromatic heterocycles. The number of hydrogen-bond donors (Lipinski definition) is 1. The summed E-state index contributed by atoms with van der Waals surface area (Å²) in [7, 11) is 0. The van der Waals surface area contributed by atoms with Crippen molar-refractivity contribution in [3.8, 4) is 0 Å². The first-order valence-corrected chi connectivity index (χ1v) is 6.27. The van der Waals surface area contributed by atoms with Crippen molar-refractivity contribution >= 4 is 0 Å². The Morgan fingerprint density at radius 2 is 1.79 bits per heavy atom. The number of rotatable bonds is 1. The average Bonchev–Trinajstić information content (AvgIpc) is 2.94. The van der Waals surface area contributed by atoms with Crippen molar-refractivity contribution in [1.82, 2.24) is 0 Å². The van der Waals surface area contributed by atoms with E-state index in [1.54, 1.807) is 0 Å². The number of allylic oxidation sites excluding steroid dienone is 2. The molecule has 4 aliphatic rings. The molecule has 4 aliphatic carbocycles. The van der Waals surface area contributed by atoms with E-state index in [-0.39, 0.29) is 0 Å². The van der Waals surface area contributed by atoms with E-state index in [0.29, 0.717) is 0 Å². The Labute approximate surface area is 85.7 Å². The molecule has 4 bridgehead atoms. The molecule has 2 N–H and O–H groups in total. The summed E-state index contributed by atoms with van der Waals surface area (Å²) < 4.78 is 0. The van der Waals surface area contributed by atoms with E-state index in [9.17, 15) is 0 Å². The van der Waals surface area contributed by atoms with Crippen LogP contribution in [-0.2, 0) is 0 Å². The highest BCUT2D eigenvalue weighted by atomic mass is 14.7. The average molecular weight is 189 g/mol. The van der Waals surface area contributed by atoms with Crippen molar-refractivity contribution in [2.45, 2.75) is 19.3 Å². The van der Waals surface area contributed by atoms with Crippen LogP contribution in [0.25, 0.3) is 0 Å².